The lowest BCUT2D eigenvalue weighted by molar-refractivity contribution is -0.122. The smallest absolute Gasteiger partial charge is 0.236 e. The molecule has 0 heterocycles. The minimum atomic E-state index is -0.551. The molecule has 0 fully saturated rings. The molecule has 100 valence electrons. The summed E-state index contributed by atoms with van der Waals surface area (Å²) in [6, 6.07) is 3.71. The number of hydrogen-bond acceptors (Lipinski definition) is 2. The molecule has 0 aromatic heterocycles. The van der Waals surface area contributed by atoms with E-state index < -0.39 is 11.5 Å². The van der Waals surface area contributed by atoms with Gasteiger partial charge in [0.1, 0.15) is 5.82 Å². The topological polar surface area (TPSA) is 55.1 Å². The van der Waals surface area contributed by atoms with Crippen molar-refractivity contribution in [2.24, 2.45) is 5.73 Å². The summed E-state index contributed by atoms with van der Waals surface area (Å²) in [5, 5.41) is 3.10. The van der Waals surface area contributed by atoms with Crippen molar-refractivity contribution in [3.63, 3.8) is 0 Å². The van der Waals surface area contributed by atoms with Gasteiger partial charge in [-0.1, -0.05) is 31.5 Å². The fourth-order valence-electron chi connectivity index (χ4n) is 1.60. The number of benzene rings is 1. The van der Waals surface area contributed by atoms with Crippen LogP contribution in [-0.2, 0) is 10.2 Å². The maximum Gasteiger partial charge on any atom is 0.236 e. The number of amides is 1. The number of rotatable bonds is 4. The number of nitrogens with two attached hydrogens (primary N) is 1. The summed E-state index contributed by atoms with van der Waals surface area (Å²) in [7, 11) is 0. The van der Waals surface area contributed by atoms with Gasteiger partial charge in [-0.05, 0) is 24.6 Å². The molecule has 0 radical (unpaired) electrons. The minimum absolute atomic E-state index is 0.221. The summed E-state index contributed by atoms with van der Waals surface area (Å²) in [5.41, 5.74) is 5.86. The predicted octanol–water partition coefficient (Wildman–Crippen LogP) is 2.22. The van der Waals surface area contributed by atoms with Crippen LogP contribution in [0.2, 0.25) is 5.02 Å². The fraction of sp³-hybridized carbons (Fsp3) is 0.462. The van der Waals surface area contributed by atoms with E-state index in [4.69, 9.17) is 17.3 Å². The second-order valence-electron chi connectivity index (χ2n) is 5.01. The molecule has 3 N–H and O–H groups in total. The molecule has 0 aliphatic rings. The van der Waals surface area contributed by atoms with Gasteiger partial charge in [-0.3, -0.25) is 4.79 Å². The number of nitrogens with one attached hydrogen (secondary N) is 1. The molecular formula is C13H18ClFN2O. The van der Waals surface area contributed by atoms with E-state index in [1.165, 1.54) is 12.1 Å². The van der Waals surface area contributed by atoms with Crippen LogP contribution >= 0.6 is 11.6 Å². The zero-order valence-corrected chi connectivity index (χ0v) is 11.5. The largest absolute Gasteiger partial charge is 0.354 e. The van der Waals surface area contributed by atoms with E-state index in [-0.39, 0.29) is 11.7 Å². The maximum absolute atomic E-state index is 13.0. The second kappa shape index (κ2) is 5.67. The first-order chi connectivity index (χ1) is 8.24. The van der Waals surface area contributed by atoms with Gasteiger partial charge in [0.2, 0.25) is 5.91 Å². The highest BCUT2D eigenvalue weighted by atomic mass is 35.5. The van der Waals surface area contributed by atoms with Crippen LogP contribution in [0, 0.1) is 5.82 Å². The van der Waals surface area contributed by atoms with Gasteiger partial charge in [0.25, 0.3) is 0 Å². The van der Waals surface area contributed by atoms with Crippen molar-refractivity contribution < 1.29 is 9.18 Å². The standard InChI is InChI=1S/C13H18ClFN2O/c1-8(16)12(18)17-7-13(2,3)10-5-4-9(15)6-11(10)14/h4-6,8H,7,16H2,1-3H3,(H,17,18)/t8-/m1/s1. The highest BCUT2D eigenvalue weighted by Gasteiger charge is 2.24. The normalized spacial score (nSPS) is 13.2. The van der Waals surface area contributed by atoms with Gasteiger partial charge in [-0.25, -0.2) is 4.39 Å². The lowest BCUT2D eigenvalue weighted by atomic mass is 9.84. The summed E-state index contributed by atoms with van der Waals surface area (Å²) in [6.07, 6.45) is 0. The third-order valence-electron chi connectivity index (χ3n) is 2.78. The summed E-state index contributed by atoms with van der Waals surface area (Å²) < 4.78 is 13.0. The Morgan fingerprint density at radius 2 is 2.17 bits per heavy atom. The van der Waals surface area contributed by atoms with Crippen LogP contribution in [0.5, 0.6) is 0 Å². The predicted molar refractivity (Wildman–Crippen MR) is 71.1 cm³/mol. The van der Waals surface area contributed by atoms with Crippen molar-refractivity contribution in [3.05, 3.63) is 34.6 Å². The first-order valence-electron chi connectivity index (χ1n) is 5.73. The summed E-state index contributed by atoms with van der Waals surface area (Å²) >= 11 is 6.01. The highest BCUT2D eigenvalue weighted by molar-refractivity contribution is 6.31. The van der Waals surface area contributed by atoms with Gasteiger partial charge < -0.3 is 11.1 Å². The number of halogens is 2. The van der Waals surface area contributed by atoms with E-state index in [2.05, 4.69) is 5.32 Å². The highest BCUT2D eigenvalue weighted by Crippen LogP contribution is 2.29. The number of carbonyl (C=O) groups excluding carboxylic acids is 1. The zero-order valence-electron chi connectivity index (χ0n) is 10.8. The van der Waals surface area contributed by atoms with Gasteiger partial charge in [-0.2, -0.15) is 0 Å². The molecule has 0 spiro atoms. The van der Waals surface area contributed by atoms with E-state index in [9.17, 15) is 9.18 Å². The van der Waals surface area contributed by atoms with Crippen LogP contribution in [0.4, 0.5) is 4.39 Å². The van der Waals surface area contributed by atoms with E-state index >= 15 is 0 Å². The maximum atomic E-state index is 13.0. The molecule has 1 aromatic rings. The van der Waals surface area contributed by atoms with Gasteiger partial charge in [0.15, 0.2) is 0 Å². The molecule has 0 aliphatic carbocycles. The van der Waals surface area contributed by atoms with Crippen molar-refractivity contribution in [3.8, 4) is 0 Å². The minimum Gasteiger partial charge on any atom is -0.354 e. The van der Waals surface area contributed by atoms with Crippen LogP contribution in [0.1, 0.15) is 26.3 Å². The molecule has 1 amide bonds. The Hall–Kier alpha value is -1.13. The van der Waals surface area contributed by atoms with Crippen molar-refractivity contribution in [1.82, 2.24) is 5.32 Å². The Balaban J connectivity index is 2.82. The summed E-state index contributed by atoms with van der Waals surface area (Å²) in [5.74, 6) is -0.597. The second-order valence-corrected chi connectivity index (χ2v) is 5.42. The van der Waals surface area contributed by atoms with Crippen molar-refractivity contribution >= 4 is 17.5 Å². The molecule has 1 aromatic carbocycles. The van der Waals surface area contributed by atoms with E-state index in [1.54, 1.807) is 13.0 Å². The molecule has 18 heavy (non-hydrogen) atoms. The molecule has 0 aliphatic heterocycles. The Bertz CT molecular complexity index is 447. The van der Waals surface area contributed by atoms with Crippen molar-refractivity contribution in [1.29, 1.82) is 0 Å². The van der Waals surface area contributed by atoms with E-state index in [0.717, 1.165) is 5.56 Å². The van der Waals surface area contributed by atoms with Gasteiger partial charge in [0.05, 0.1) is 6.04 Å². The Kier molecular flexibility index (Phi) is 4.71. The summed E-state index contributed by atoms with van der Waals surface area (Å²) in [6.45, 7) is 5.85. The monoisotopic (exact) mass is 272 g/mol. The number of hydrogen-bond donors (Lipinski definition) is 2. The molecule has 1 rings (SSSR count). The lowest BCUT2D eigenvalue weighted by Crippen LogP contribution is -2.43. The Morgan fingerprint density at radius 3 is 2.67 bits per heavy atom. The van der Waals surface area contributed by atoms with Crippen LogP contribution in [0.15, 0.2) is 18.2 Å². The first-order valence-corrected chi connectivity index (χ1v) is 6.10. The Labute approximate surface area is 112 Å². The van der Waals surface area contributed by atoms with Crippen molar-refractivity contribution in [2.45, 2.75) is 32.2 Å². The fourth-order valence-corrected chi connectivity index (χ4v) is 2.03. The first kappa shape index (κ1) is 14.9. The zero-order chi connectivity index (χ0) is 13.9. The van der Waals surface area contributed by atoms with Crippen molar-refractivity contribution in [2.75, 3.05) is 6.54 Å². The van der Waals surface area contributed by atoms with Gasteiger partial charge >= 0.3 is 0 Å². The SMILES string of the molecule is C[C@@H](N)C(=O)NCC(C)(C)c1ccc(F)cc1Cl. The van der Waals surface area contributed by atoms with E-state index in [1.807, 2.05) is 13.8 Å². The Morgan fingerprint density at radius 1 is 1.56 bits per heavy atom. The quantitative estimate of drug-likeness (QED) is 0.883. The molecule has 0 saturated heterocycles. The lowest BCUT2D eigenvalue weighted by Gasteiger charge is -2.27. The van der Waals surface area contributed by atoms with Crippen LogP contribution in [0.3, 0.4) is 0 Å². The molecule has 1 atom stereocenters. The third kappa shape index (κ3) is 3.68. The van der Waals surface area contributed by atoms with Crippen LogP contribution in [-0.4, -0.2) is 18.5 Å². The van der Waals surface area contributed by atoms with Gasteiger partial charge in [-0.15, -0.1) is 0 Å². The molecule has 0 unspecified atom stereocenters. The molecule has 0 saturated carbocycles. The third-order valence-corrected chi connectivity index (χ3v) is 3.09. The number of carbonyl (C=O) groups is 1. The van der Waals surface area contributed by atoms with Gasteiger partial charge in [0, 0.05) is 17.0 Å². The van der Waals surface area contributed by atoms with Crippen LogP contribution in [0.25, 0.3) is 0 Å². The average Bonchev–Trinajstić information content (AvgIpc) is 2.25. The van der Waals surface area contributed by atoms with Crippen LogP contribution < -0.4 is 11.1 Å². The molecule has 0 bridgehead atoms. The average molecular weight is 273 g/mol. The van der Waals surface area contributed by atoms with E-state index in [0.29, 0.717) is 11.6 Å². The summed E-state index contributed by atoms with van der Waals surface area (Å²) in [4.78, 5) is 11.4. The molecule has 3 nitrogen and oxygen atoms in total. The molecule has 5 heteroatoms. The molecular weight excluding hydrogens is 255 g/mol.